The second-order valence-corrected chi connectivity index (χ2v) is 4.92. The Kier molecular flexibility index (Phi) is 3.40. The number of imidazole rings is 1. The minimum atomic E-state index is -0.280. The van der Waals surface area contributed by atoms with Crippen LogP contribution in [0.25, 0.3) is 11.0 Å². The summed E-state index contributed by atoms with van der Waals surface area (Å²) < 4.78 is 15.4. The van der Waals surface area contributed by atoms with Crippen molar-refractivity contribution in [3.05, 3.63) is 59.4 Å². The SMILES string of the molecule is Cc1cccnc1Cn1c(CCl)nc2ccc(F)cc21. The van der Waals surface area contributed by atoms with Gasteiger partial charge in [-0.25, -0.2) is 9.37 Å². The zero-order valence-corrected chi connectivity index (χ0v) is 11.7. The Labute approximate surface area is 121 Å². The van der Waals surface area contributed by atoms with E-state index >= 15 is 0 Å². The van der Waals surface area contributed by atoms with Crippen molar-refractivity contribution >= 4 is 22.6 Å². The molecule has 3 nitrogen and oxygen atoms in total. The Bertz CT molecular complexity index is 767. The molecule has 0 spiro atoms. The molecular formula is C15H13ClFN3. The summed E-state index contributed by atoms with van der Waals surface area (Å²) in [5.74, 6) is 0.720. The summed E-state index contributed by atoms with van der Waals surface area (Å²) >= 11 is 5.95. The lowest BCUT2D eigenvalue weighted by atomic mass is 10.2. The minimum absolute atomic E-state index is 0.280. The predicted octanol–water partition coefficient (Wildman–Crippen LogP) is 3.67. The Morgan fingerprint density at radius 2 is 2.15 bits per heavy atom. The van der Waals surface area contributed by atoms with Crippen molar-refractivity contribution in [2.24, 2.45) is 0 Å². The van der Waals surface area contributed by atoms with Gasteiger partial charge in [-0.05, 0) is 36.8 Å². The smallest absolute Gasteiger partial charge is 0.125 e. The lowest BCUT2D eigenvalue weighted by Gasteiger charge is -2.09. The summed E-state index contributed by atoms with van der Waals surface area (Å²) in [6.45, 7) is 2.54. The van der Waals surface area contributed by atoms with E-state index < -0.39 is 0 Å². The number of nitrogens with zero attached hydrogens (tertiary/aromatic N) is 3. The summed E-state index contributed by atoms with van der Waals surface area (Å²) in [5.41, 5.74) is 3.51. The van der Waals surface area contributed by atoms with Crippen LogP contribution < -0.4 is 0 Å². The molecule has 0 amide bonds. The molecule has 0 aliphatic heterocycles. The van der Waals surface area contributed by atoms with Gasteiger partial charge >= 0.3 is 0 Å². The average molecular weight is 290 g/mol. The summed E-state index contributed by atoms with van der Waals surface area (Å²) in [7, 11) is 0. The number of halogens is 2. The maximum Gasteiger partial charge on any atom is 0.125 e. The first-order valence-corrected chi connectivity index (χ1v) is 6.83. The van der Waals surface area contributed by atoms with Crippen LogP contribution >= 0.6 is 11.6 Å². The van der Waals surface area contributed by atoms with Gasteiger partial charge in [0.2, 0.25) is 0 Å². The van der Waals surface area contributed by atoms with Crippen molar-refractivity contribution in [1.29, 1.82) is 0 Å². The maximum atomic E-state index is 13.5. The molecule has 3 rings (SSSR count). The van der Waals surface area contributed by atoms with E-state index in [-0.39, 0.29) is 11.7 Å². The zero-order valence-electron chi connectivity index (χ0n) is 11.0. The quantitative estimate of drug-likeness (QED) is 0.689. The molecule has 0 unspecified atom stereocenters. The highest BCUT2D eigenvalue weighted by molar-refractivity contribution is 6.16. The van der Waals surface area contributed by atoms with E-state index in [0.717, 1.165) is 28.1 Å². The van der Waals surface area contributed by atoms with Crippen LogP contribution in [0, 0.1) is 12.7 Å². The van der Waals surface area contributed by atoms with Crippen LogP contribution in [-0.4, -0.2) is 14.5 Å². The fourth-order valence-corrected chi connectivity index (χ4v) is 2.46. The highest BCUT2D eigenvalue weighted by Gasteiger charge is 2.12. The van der Waals surface area contributed by atoms with E-state index in [4.69, 9.17) is 11.6 Å². The molecule has 0 radical (unpaired) electrons. The Morgan fingerprint density at radius 1 is 1.30 bits per heavy atom. The zero-order chi connectivity index (χ0) is 14.1. The second-order valence-electron chi connectivity index (χ2n) is 4.65. The van der Waals surface area contributed by atoms with E-state index in [1.54, 1.807) is 12.3 Å². The predicted molar refractivity (Wildman–Crippen MR) is 77.3 cm³/mol. The van der Waals surface area contributed by atoms with Crippen LogP contribution in [0.1, 0.15) is 17.1 Å². The lowest BCUT2D eigenvalue weighted by molar-refractivity contribution is 0.628. The normalized spacial score (nSPS) is 11.2. The molecule has 0 saturated carbocycles. The molecule has 0 saturated heterocycles. The van der Waals surface area contributed by atoms with Crippen molar-refractivity contribution in [3.63, 3.8) is 0 Å². The molecule has 0 bridgehead atoms. The number of alkyl halides is 1. The van der Waals surface area contributed by atoms with Gasteiger partial charge in [0.1, 0.15) is 11.6 Å². The molecule has 102 valence electrons. The van der Waals surface area contributed by atoms with Crippen molar-refractivity contribution < 1.29 is 4.39 Å². The summed E-state index contributed by atoms with van der Waals surface area (Å²) in [4.78, 5) is 8.81. The van der Waals surface area contributed by atoms with Gasteiger partial charge in [0, 0.05) is 6.20 Å². The van der Waals surface area contributed by atoms with Gasteiger partial charge < -0.3 is 4.57 Å². The van der Waals surface area contributed by atoms with Crippen LogP contribution in [0.2, 0.25) is 0 Å². The molecule has 2 aromatic heterocycles. The number of hydrogen-bond donors (Lipinski definition) is 0. The van der Waals surface area contributed by atoms with Gasteiger partial charge in [-0.2, -0.15) is 0 Å². The number of benzene rings is 1. The van der Waals surface area contributed by atoms with Crippen LogP contribution in [0.5, 0.6) is 0 Å². The van der Waals surface area contributed by atoms with Gasteiger partial charge in [0.15, 0.2) is 0 Å². The molecular weight excluding hydrogens is 277 g/mol. The largest absolute Gasteiger partial charge is 0.321 e. The Hall–Kier alpha value is -1.94. The van der Waals surface area contributed by atoms with Crippen LogP contribution in [0.15, 0.2) is 36.5 Å². The van der Waals surface area contributed by atoms with E-state index in [2.05, 4.69) is 9.97 Å². The second kappa shape index (κ2) is 5.21. The summed E-state index contributed by atoms with van der Waals surface area (Å²) in [6.07, 6.45) is 1.75. The molecule has 0 aliphatic rings. The van der Waals surface area contributed by atoms with Crippen molar-refractivity contribution in [2.45, 2.75) is 19.3 Å². The van der Waals surface area contributed by atoms with Crippen molar-refractivity contribution in [2.75, 3.05) is 0 Å². The summed E-state index contributed by atoms with van der Waals surface area (Å²) in [6, 6.07) is 8.46. The molecule has 0 atom stereocenters. The molecule has 0 aliphatic carbocycles. The first-order valence-electron chi connectivity index (χ1n) is 6.30. The number of hydrogen-bond acceptors (Lipinski definition) is 2. The van der Waals surface area contributed by atoms with E-state index in [0.29, 0.717) is 6.54 Å². The molecule has 20 heavy (non-hydrogen) atoms. The van der Waals surface area contributed by atoms with Gasteiger partial charge in [0.05, 0.1) is 29.2 Å². The van der Waals surface area contributed by atoms with Crippen molar-refractivity contribution in [1.82, 2.24) is 14.5 Å². The standard InChI is InChI=1S/C15H13ClFN3/c1-10-3-2-6-18-13(10)9-20-14-7-11(17)4-5-12(14)19-15(20)8-16/h2-7H,8-9H2,1H3. The molecule has 3 aromatic rings. The van der Waals surface area contributed by atoms with Crippen LogP contribution in [0.4, 0.5) is 4.39 Å². The Balaban J connectivity index is 2.14. The first-order chi connectivity index (χ1) is 9.69. The molecule has 0 N–H and O–H groups in total. The highest BCUT2D eigenvalue weighted by atomic mass is 35.5. The molecule has 2 heterocycles. The van der Waals surface area contributed by atoms with Gasteiger partial charge in [-0.1, -0.05) is 6.07 Å². The van der Waals surface area contributed by atoms with E-state index in [1.165, 1.54) is 12.1 Å². The van der Waals surface area contributed by atoms with Crippen LogP contribution in [0.3, 0.4) is 0 Å². The number of aryl methyl sites for hydroxylation is 1. The maximum absolute atomic E-state index is 13.5. The van der Waals surface area contributed by atoms with Gasteiger partial charge in [-0.3, -0.25) is 4.98 Å². The monoisotopic (exact) mass is 289 g/mol. The number of fused-ring (bicyclic) bond motifs is 1. The lowest BCUT2D eigenvalue weighted by Crippen LogP contribution is -2.06. The average Bonchev–Trinajstić information content (AvgIpc) is 2.79. The molecule has 1 aromatic carbocycles. The van der Waals surface area contributed by atoms with Gasteiger partial charge in [0.25, 0.3) is 0 Å². The minimum Gasteiger partial charge on any atom is -0.321 e. The Morgan fingerprint density at radius 3 is 2.90 bits per heavy atom. The first kappa shape index (κ1) is 13.1. The fourth-order valence-electron chi connectivity index (χ4n) is 2.26. The number of pyridine rings is 1. The molecule has 0 fully saturated rings. The third kappa shape index (κ3) is 2.27. The fraction of sp³-hybridized carbons (Fsp3) is 0.200. The number of aromatic nitrogens is 3. The summed E-state index contributed by atoms with van der Waals surface area (Å²) in [5, 5.41) is 0. The topological polar surface area (TPSA) is 30.7 Å². The van der Waals surface area contributed by atoms with Crippen molar-refractivity contribution in [3.8, 4) is 0 Å². The third-order valence-corrected chi connectivity index (χ3v) is 3.57. The van der Waals surface area contributed by atoms with E-state index in [9.17, 15) is 4.39 Å². The third-order valence-electron chi connectivity index (χ3n) is 3.33. The van der Waals surface area contributed by atoms with E-state index in [1.807, 2.05) is 23.6 Å². The highest BCUT2D eigenvalue weighted by Crippen LogP contribution is 2.20. The van der Waals surface area contributed by atoms with Crippen LogP contribution in [-0.2, 0) is 12.4 Å². The molecule has 5 heteroatoms. The number of rotatable bonds is 3. The van der Waals surface area contributed by atoms with Gasteiger partial charge in [-0.15, -0.1) is 11.6 Å².